The van der Waals surface area contributed by atoms with Crippen molar-refractivity contribution in [2.24, 2.45) is 10.1 Å². The average molecular weight is 532 g/mol. The number of fused-ring (bicyclic) bond motifs is 1. The van der Waals surface area contributed by atoms with Crippen molar-refractivity contribution in [3.05, 3.63) is 63.1 Å². The quantitative estimate of drug-likeness (QED) is 0.323. The lowest BCUT2D eigenvalue weighted by Crippen LogP contribution is -2.43. The molecule has 0 unspecified atom stereocenters. The Kier molecular flexibility index (Phi) is 7.32. The number of aliphatic imine (C=N–C) groups is 1. The number of amidine groups is 1. The molecule has 2 aliphatic heterocycles. The summed E-state index contributed by atoms with van der Waals surface area (Å²) in [7, 11) is 0. The number of halogens is 2. The second-order valence-electron chi connectivity index (χ2n) is 9.43. The van der Waals surface area contributed by atoms with Gasteiger partial charge in [0.25, 0.3) is 0 Å². The maximum Gasteiger partial charge on any atom is 0.309 e. The Morgan fingerprint density at radius 1 is 1.14 bits per heavy atom. The minimum Gasteiger partial charge on any atom is -0.326 e. The maximum absolute atomic E-state index is 12.4. The van der Waals surface area contributed by atoms with Crippen molar-refractivity contribution in [1.29, 1.82) is 0 Å². The van der Waals surface area contributed by atoms with Crippen molar-refractivity contribution >= 4 is 63.3 Å². The molecule has 0 radical (unpaired) electrons. The fraction of sp³-hybridized carbons (Fsp3) is 0.385. The van der Waals surface area contributed by atoms with Gasteiger partial charge < -0.3 is 4.90 Å². The van der Waals surface area contributed by atoms with Crippen LogP contribution in [0.2, 0.25) is 10.0 Å². The number of benzene rings is 2. The minimum absolute atomic E-state index is 0.0913. The number of hydrogen-bond donors (Lipinski definition) is 0. The molecule has 0 fully saturated rings. The maximum atomic E-state index is 12.4. The number of hydrogen-bond acceptors (Lipinski definition) is 5. The number of nitrogens with zero attached hydrogens (tertiary/aromatic N) is 4. The summed E-state index contributed by atoms with van der Waals surface area (Å²) in [6.07, 6.45) is 1.86. The summed E-state index contributed by atoms with van der Waals surface area (Å²) >= 11 is 13.6. The molecular formula is C26H28Cl2N4O2S. The summed E-state index contributed by atoms with van der Waals surface area (Å²) in [6, 6.07) is 11.9. The van der Waals surface area contributed by atoms with Gasteiger partial charge in [-0.25, -0.2) is 0 Å². The molecule has 2 amide bonds. The van der Waals surface area contributed by atoms with Crippen molar-refractivity contribution < 1.29 is 9.59 Å². The zero-order chi connectivity index (χ0) is 25.5. The Labute approximate surface area is 220 Å². The van der Waals surface area contributed by atoms with E-state index in [9.17, 15) is 9.59 Å². The van der Waals surface area contributed by atoms with Gasteiger partial charge in [-0.05, 0) is 93.8 Å². The molecule has 184 valence electrons. The highest BCUT2D eigenvalue weighted by molar-refractivity contribution is 8.15. The van der Waals surface area contributed by atoms with Gasteiger partial charge in [0.15, 0.2) is 0 Å². The summed E-state index contributed by atoms with van der Waals surface area (Å²) in [4.78, 5) is 31.5. The van der Waals surface area contributed by atoms with Crippen LogP contribution in [0.25, 0.3) is 0 Å². The number of aryl methyl sites for hydroxylation is 1. The van der Waals surface area contributed by atoms with Crippen LogP contribution in [-0.2, 0) is 11.2 Å². The lowest BCUT2D eigenvalue weighted by Gasteiger charge is -2.35. The zero-order valence-electron chi connectivity index (χ0n) is 20.4. The predicted molar refractivity (Wildman–Crippen MR) is 146 cm³/mol. The van der Waals surface area contributed by atoms with Gasteiger partial charge in [-0.15, -0.1) is 0 Å². The van der Waals surface area contributed by atoms with E-state index in [1.54, 1.807) is 6.07 Å². The Morgan fingerprint density at radius 2 is 1.89 bits per heavy atom. The van der Waals surface area contributed by atoms with Crippen LogP contribution >= 0.6 is 35.0 Å². The Hall–Kier alpha value is -2.35. The highest BCUT2D eigenvalue weighted by Crippen LogP contribution is 2.38. The Balaban J connectivity index is 1.78. The zero-order valence-corrected chi connectivity index (χ0v) is 22.8. The molecule has 35 heavy (non-hydrogen) atoms. The third-order valence-electron chi connectivity index (χ3n) is 5.87. The Bertz CT molecular complexity index is 1260. The topological polar surface area (TPSA) is 65.3 Å². The summed E-state index contributed by atoms with van der Waals surface area (Å²) < 4.78 is -0.560. The summed E-state index contributed by atoms with van der Waals surface area (Å²) in [5, 5.41) is 6.06. The number of carbonyl (C=O) groups is 2. The molecule has 4 rings (SSSR count). The molecule has 2 aromatic carbocycles. The van der Waals surface area contributed by atoms with E-state index >= 15 is 0 Å². The van der Waals surface area contributed by atoms with E-state index in [0.717, 1.165) is 58.8 Å². The van der Waals surface area contributed by atoms with Crippen molar-refractivity contribution in [2.75, 3.05) is 11.4 Å². The SMILES string of the molecule is CC(=O)N1N=C(c2ccc3c(c2)CCCN3/C(=N\C(C)C)c2ccc(Cl)c(Cl)c2)C(C)(C)SC1=O. The van der Waals surface area contributed by atoms with Gasteiger partial charge in [-0.2, -0.15) is 10.1 Å². The van der Waals surface area contributed by atoms with Crippen LogP contribution in [-0.4, -0.2) is 45.0 Å². The number of carbonyl (C=O) groups excluding carboxylic acids is 2. The molecule has 0 saturated carbocycles. The monoisotopic (exact) mass is 530 g/mol. The van der Waals surface area contributed by atoms with Crippen molar-refractivity contribution in [3.8, 4) is 0 Å². The van der Waals surface area contributed by atoms with Gasteiger partial charge in [0.1, 0.15) is 5.84 Å². The second-order valence-corrected chi connectivity index (χ2v) is 11.8. The number of amides is 2. The molecule has 0 atom stereocenters. The summed E-state index contributed by atoms with van der Waals surface area (Å²) in [6.45, 7) is 10.2. The summed E-state index contributed by atoms with van der Waals surface area (Å²) in [5.41, 5.74) is 4.76. The van der Waals surface area contributed by atoms with E-state index in [1.807, 2.05) is 32.0 Å². The molecule has 0 N–H and O–H groups in total. The molecule has 0 saturated heterocycles. The van der Waals surface area contributed by atoms with Crippen LogP contribution in [0.5, 0.6) is 0 Å². The first-order chi connectivity index (χ1) is 16.5. The molecule has 2 aromatic rings. The van der Waals surface area contributed by atoms with Gasteiger partial charge in [0, 0.05) is 30.8 Å². The number of hydrazone groups is 1. The van der Waals surface area contributed by atoms with E-state index < -0.39 is 10.7 Å². The third-order valence-corrected chi connectivity index (χ3v) is 7.66. The first-order valence-electron chi connectivity index (χ1n) is 11.5. The molecule has 0 bridgehead atoms. The van der Waals surface area contributed by atoms with Gasteiger partial charge in [0.05, 0.1) is 20.5 Å². The fourth-order valence-electron chi connectivity index (χ4n) is 4.32. The van der Waals surface area contributed by atoms with E-state index in [-0.39, 0.29) is 11.3 Å². The van der Waals surface area contributed by atoms with Crippen LogP contribution in [0.3, 0.4) is 0 Å². The molecule has 6 nitrogen and oxygen atoms in total. The van der Waals surface area contributed by atoms with Gasteiger partial charge in [-0.3, -0.25) is 14.6 Å². The largest absolute Gasteiger partial charge is 0.326 e. The molecular weight excluding hydrogens is 503 g/mol. The van der Waals surface area contributed by atoms with Crippen LogP contribution in [0.4, 0.5) is 10.5 Å². The van der Waals surface area contributed by atoms with Gasteiger partial charge >= 0.3 is 5.24 Å². The molecule has 2 heterocycles. The first kappa shape index (κ1) is 25.7. The van der Waals surface area contributed by atoms with E-state index in [0.29, 0.717) is 15.8 Å². The lowest BCUT2D eigenvalue weighted by atomic mass is 9.93. The highest BCUT2D eigenvalue weighted by atomic mass is 35.5. The first-order valence-corrected chi connectivity index (χ1v) is 13.1. The van der Waals surface area contributed by atoms with E-state index in [1.165, 1.54) is 12.5 Å². The normalized spacial score (nSPS) is 18.0. The molecule has 0 aromatic heterocycles. The molecule has 0 aliphatic carbocycles. The van der Waals surface area contributed by atoms with Gasteiger partial charge in [-0.1, -0.05) is 29.3 Å². The minimum atomic E-state index is -0.560. The van der Waals surface area contributed by atoms with Crippen LogP contribution in [0.15, 0.2) is 46.5 Å². The smallest absolute Gasteiger partial charge is 0.309 e. The standard InChI is InChI=1S/C26H28Cl2N4O2S/c1-15(2)29-24(19-8-10-20(27)21(28)14-19)31-12-6-7-17-13-18(9-11-22(17)31)23-26(4,5)35-25(34)32(30-23)16(3)33/h8-11,13-15H,6-7,12H2,1-5H3/b29-24-. The van der Waals surface area contributed by atoms with Crippen molar-refractivity contribution in [2.45, 2.75) is 58.2 Å². The van der Waals surface area contributed by atoms with Crippen LogP contribution < -0.4 is 4.90 Å². The molecule has 0 spiro atoms. The van der Waals surface area contributed by atoms with E-state index in [4.69, 9.17) is 28.2 Å². The van der Waals surface area contributed by atoms with Crippen LogP contribution in [0.1, 0.15) is 57.7 Å². The third kappa shape index (κ3) is 5.27. The fourth-order valence-corrected chi connectivity index (χ4v) is 5.57. The second kappa shape index (κ2) is 9.96. The van der Waals surface area contributed by atoms with E-state index in [2.05, 4.69) is 36.0 Å². The highest BCUT2D eigenvalue weighted by Gasteiger charge is 2.39. The van der Waals surface area contributed by atoms with Crippen molar-refractivity contribution in [1.82, 2.24) is 5.01 Å². The lowest BCUT2D eigenvalue weighted by molar-refractivity contribution is -0.125. The number of thioether (sulfide) groups is 1. The van der Waals surface area contributed by atoms with Gasteiger partial charge in [0.2, 0.25) is 5.91 Å². The predicted octanol–water partition coefficient (Wildman–Crippen LogP) is 6.80. The number of rotatable bonds is 3. The average Bonchev–Trinajstić information content (AvgIpc) is 2.77. The molecule has 9 heteroatoms. The number of anilines is 1. The number of imide groups is 1. The van der Waals surface area contributed by atoms with Crippen molar-refractivity contribution in [3.63, 3.8) is 0 Å². The summed E-state index contributed by atoms with van der Waals surface area (Å²) in [5.74, 6) is 0.460. The van der Waals surface area contributed by atoms with Crippen LogP contribution in [0, 0.1) is 0 Å². The molecule has 2 aliphatic rings. The Morgan fingerprint density at radius 3 is 2.54 bits per heavy atom.